The molecule has 0 aliphatic heterocycles. The van der Waals surface area contributed by atoms with Crippen molar-refractivity contribution in [1.29, 1.82) is 0 Å². The van der Waals surface area contributed by atoms with Gasteiger partial charge in [0.2, 0.25) is 5.78 Å². The summed E-state index contributed by atoms with van der Waals surface area (Å²) in [7, 11) is 6.70. The van der Waals surface area contributed by atoms with Gasteiger partial charge in [0, 0.05) is 37.7 Å². The zero-order chi connectivity index (χ0) is 30.2. The number of nitrogens with zero attached hydrogens (tertiary/aromatic N) is 2. The second-order valence-corrected chi connectivity index (χ2v) is 12.9. The summed E-state index contributed by atoms with van der Waals surface area (Å²) < 4.78 is 0. The summed E-state index contributed by atoms with van der Waals surface area (Å²) in [4.78, 5) is 56.2. The smallest absolute Gasteiger partial charge is 0.202 e. The first kappa shape index (κ1) is 29.5. The average Bonchev–Trinajstić information content (AvgIpc) is 2.79. The maximum Gasteiger partial charge on any atom is 0.202 e. The number of anilines is 1. The number of phenolic OH excluding ortho intramolecular Hbond substituents is 1. The van der Waals surface area contributed by atoms with E-state index in [-0.39, 0.29) is 47.2 Å². The van der Waals surface area contributed by atoms with Crippen molar-refractivity contribution < 1.29 is 39.6 Å². The Bertz CT molecular complexity index is 1410. The van der Waals surface area contributed by atoms with Gasteiger partial charge >= 0.3 is 0 Å². The third-order valence-electron chi connectivity index (χ3n) is 8.28. The van der Waals surface area contributed by atoms with Crippen LogP contribution in [0.25, 0.3) is 5.76 Å². The minimum absolute atomic E-state index is 0.000338. The van der Waals surface area contributed by atoms with Crippen LogP contribution in [0.15, 0.2) is 23.0 Å². The van der Waals surface area contributed by atoms with Crippen LogP contribution in [-0.2, 0) is 20.8 Å². The topological polar surface area (TPSA) is 156 Å². The van der Waals surface area contributed by atoms with Crippen molar-refractivity contribution in [2.75, 3.05) is 33.1 Å². The fraction of sp³-hybridized carbons (Fsp3) is 0.533. The first-order valence-electron chi connectivity index (χ1n) is 13.3. The van der Waals surface area contributed by atoms with E-state index in [2.05, 4.69) is 0 Å². The molecule has 0 radical (unpaired) electrons. The molecule has 3 aliphatic carbocycles. The van der Waals surface area contributed by atoms with Crippen LogP contribution in [0.4, 0.5) is 5.69 Å². The summed E-state index contributed by atoms with van der Waals surface area (Å²) in [5.41, 5.74) is -2.85. The van der Waals surface area contributed by atoms with E-state index in [1.807, 2.05) is 20.8 Å². The summed E-state index contributed by atoms with van der Waals surface area (Å²) in [5, 5.41) is 45.7. The minimum atomic E-state index is -2.64. The Kier molecular flexibility index (Phi) is 7.04. The Morgan fingerprint density at radius 1 is 1.07 bits per heavy atom. The van der Waals surface area contributed by atoms with Crippen molar-refractivity contribution in [2.24, 2.45) is 17.3 Å². The molecule has 0 saturated heterocycles. The van der Waals surface area contributed by atoms with Gasteiger partial charge in [0.05, 0.1) is 17.2 Å². The summed E-state index contributed by atoms with van der Waals surface area (Å²) in [6, 6.07) is 0.509. The number of aliphatic hydroxyl groups excluding tert-OH is 2. The summed E-state index contributed by atoms with van der Waals surface area (Å²) >= 11 is 0. The minimum Gasteiger partial charge on any atom is -0.508 e. The average molecular weight is 555 g/mol. The van der Waals surface area contributed by atoms with E-state index in [0.717, 1.165) is 6.92 Å². The number of aliphatic hydroxyl groups is 3. The highest BCUT2D eigenvalue weighted by atomic mass is 16.3. The van der Waals surface area contributed by atoms with Gasteiger partial charge in [-0.1, -0.05) is 20.8 Å². The first-order chi connectivity index (χ1) is 18.3. The Labute approximate surface area is 233 Å². The van der Waals surface area contributed by atoms with Gasteiger partial charge in [-0.3, -0.25) is 24.1 Å². The van der Waals surface area contributed by atoms with Crippen LogP contribution in [0.1, 0.15) is 62.0 Å². The van der Waals surface area contributed by atoms with Gasteiger partial charge in [-0.2, -0.15) is 0 Å². The van der Waals surface area contributed by atoms with Crippen LogP contribution in [-0.4, -0.2) is 88.3 Å². The number of likely N-dealkylation sites (N-methyl/N-ethyl adjacent to an activating group) is 1. The van der Waals surface area contributed by atoms with E-state index < -0.39 is 63.7 Å². The normalized spacial score (nSPS) is 26.5. The van der Waals surface area contributed by atoms with Crippen LogP contribution in [0.2, 0.25) is 0 Å². The predicted molar refractivity (Wildman–Crippen MR) is 148 cm³/mol. The van der Waals surface area contributed by atoms with Crippen molar-refractivity contribution >= 4 is 34.6 Å². The summed E-state index contributed by atoms with van der Waals surface area (Å²) in [6.45, 7) is 6.74. The number of ketones is 4. The number of carbonyl (C=O) groups excluding carboxylic acids is 4. The second kappa shape index (κ2) is 9.55. The van der Waals surface area contributed by atoms with Crippen LogP contribution in [0.5, 0.6) is 5.75 Å². The molecule has 0 heterocycles. The zero-order valence-corrected chi connectivity index (χ0v) is 24.2. The lowest BCUT2D eigenvalue weighted by molar-refractivity contribution is -0.153. The Morgan fingerprint density at radius 2 is 1.68 bits per heavy atom. The van der Waals surface area contributed by atoms with Gasteiger partial charge in [0.1, 0.15) is 22.8 Å². The molecule has 0 amide bonds. The summed E-state index contributed by atoms with van der Waals surface area (Å²) in [5.74, 6) is -6.69. The maximum atomic E-state index is 14.1. The van der Waals surface area contributed by atoms with E-state index in [1.165, 1.54) is 4.90 Å². The predicted octanol–water partition coefficient (Wildman–Crippen LogP) is 2.75. The van der Waals surface area contributed by atoms with Crippen LogP contribution >= 0.6 is 0 Å². The molecule has 0 bridgehead atoms. The van der Waals surface area contributed by atoms with Gasteiger partial charge < -0.3 is 25.3 Å². The zero-order valence-electron chi connectivity index (χ0n) is 24.2. The largest absolute Gasteiger partial charge is 0.508 e. The quantitative estimate of drug-likeness (QED) is 0.315. The monoisotopic (exact) mass is 554 g/mol. The number of benzene rings is 1. The second-order valence-electron chi connectivity index (χ2n) is 12.9. The van der Waals surface area contributed by atoms with Crippen molar-refractivity contribution in [3.8, 4) is 5.75 Å². The van der Waals surface area contributed by atoms with Crippen LogP contribution in [0.3, 0.4) is 0 Å². The standard InChI is InChI=1S/C30H38N2O8/c1-13(33)20-26(37)23(32(7)8)17-10-14-9-15-18(31(5)6)11-16(19(34)12-29(2,3)4)24(35)22(15)25(36)21(14)28(39)30(17,40)27(20)38/h11,14,17,23,35-36,38,40H,9-10,12H2,1-8H3/t14-,17-,23+,30+/m0/s1. The van der Waals surface area contributed by atoms with E-state index >= 15 is 0 Å². The third-order valence-corrected chi connectivity index (χ3v) is 8.28. The molecule has 4 rings (SSSR count). The number of Topliss-reactive ketones (excluding diaryl/α,β-unsaturated/α-hetero) is 4. The molecule has 0 aromatic heterocycles. The molecule has 10 heteroatoms. The Morgan fingerprint density at radius 3 is 2.17 bits per heavy atom. The molecule has 216 valence electrons. The van der Waals surface area contributed by atoms with Crippen LogP contribution < -0.4 is 4.90 Å². The maximum absolute atomic E-state index is 14.1. The number of fused-ring (bicyclic) bond motifs is 3. The van der Waals surface area contributed by atoms with Crippen molar-refractivity contribution in [3.05, 3.63) is 39.7 Å². The number of rotatable bonds is 5. The third kappa shape index (κ3) is 4.25. The highest BCUT2D eigenvalue weighted by Crippen LogP contribution is 2.54. The van der Waals surface area contributed by atoms with Gasteiger partial charge in [-0.25, -0.2) is 0 Å². The van der Waals surface area contributed by atoms with Crippen molar-refractivity contribution in [2.45, 2.75) is 58.6 Å². The van der Waals surface area contributed by atoms with Gasteiger partial charge in [-0.05, 0) is 56.8 Å². The lowest BCUT2D eigenvalue weighted by Crippen LogP contribution is -2.65. The van der Waals surface area contributed by atoms with Gasteiger partial charge in [0.15, 0.2) is 23.0 Å². The lowest BCUT2D eigenvalue weighted by Gasteiger charge is -2.50. The molecule has 40 heavy (non-hydrogen) atoms. The molecule has 10 nitrogen and oxygen atoms in total. The van der Waals surface area contributed by atoms with Crippen LogP contribution in [0, 0.1) is 17.3 Å². The SMILES string of the molecule is CC(=O)C1=C(O)[C@@]2(O)C(=O)C3=C(O)c4c(O)c(C(=O)CC(C)(C)C)cc(N(C)C)c4C[C@H]3C[C@H]2[C@@H](N(C)C)C1=O. The molecule has 0 spiro atoms. The van der Waals surface area contributed by atoms with Crippen molar-refractivity contribution in [1.82, 2.24) is 4.90 Å². The highest BCUT2D eigenvalue weighted by Gasteiger charge is 2.64. The highest BCUT2D eigenvalue weighted by molar-refractivity contribution is 6.25. The molecular weight excluding hydrogens is 516 g/mol. The first-order valence-corrected chi connectivity index (χ1v) is 13.3. The number of hydrogen-bond acceptors (Lipinski definition) is 10. The molecule has 0 unspecified atom stereocenters. The lowest BCUT2D eigenvalue weighted by atomic mass is 9.57. The van der Waals surface area contributed by atoms with E-state index in [4.69, 9.17) is 0 Å². The Balaban J connectivity index is 1.99. The van der Waals surface area contributed by atoms with E-state index in [0.29, 0.717) is 11.3 Å². The van der Waals surface area contributed by atoms with E-state index in [1.54, 1.807) is 39.2 Å². The number of phenols is 1. The van der Waals surface area contributed by atoms with Crippen molar-refractivity contribution in [3.63, 3.8) is 0 Å². The molecule has 4 N–H and O–H groups in total. The number of aromatic hydroxyl groups is 1. The molecule has 1 aromatic carbocycles. The molecule has 1 aromatic rings. The summed E-state index contributed by atoms with van der Waals surface area (Å²) in [6.07, 6.45) is 0.322. The molecular formula is C30H38N2O8. The van der Waals surface area contributed by atoms with Gasteiger partial charge in [-0.15, -0.1) is 0 Å². The molecule has 3 aliphatic rings. The fourth-order valence-corrected chi connectivity index (χ4v) is 6.58. The fourth-order valence-electron chi connectivity index (χ4n) is 6.58. The molecule has 1 saturated carbocycles. The molecule has 1 fully saturated rings. The number of hydrogen-bond donors (Lipinski definition) is 4. The number of carbonyl (C=O) groups is 4. The molecule has 4 atom stereocenters. The Hall–Kier alpha value is -3.50. The van der Waals surface area contributed by atoms with Gasteiger partial charge in [0.25, 0.3) is 0 Å². The van der Waals surface area contributed by atoms with E-state index in [9.17, 15) is 39.6 Å².